The van der Waals surface area contributed by atoms with Crippen LogP contribution in [0, 0.1) is 0 Å². The molecular weight excluding hydrogens is 412 g/mol. The lowest BCUT2D eigenvalue weighted by Crippen LogP contribution is -2.45. The van der Waals surface area contributed by atoms with Crippen LogP contribution in [0.4, 0.5) is 11.4 Å². The molecule has 0 saturated heterocycles. The molecule has 2 rings (SSSR count). The van der Waals surface area contributed by atoms with Crippen molar-refractivity contribution in [3.8, 4) is 11.5 Å². The molecular formula is C20H24N2O7S. The van der Waals surface area contributed by atoms with Crippen LogP contribution in [0.3, 0.4) is 0 Å². The number of hydrogen-bond acceptors (Lipinski definition) is 7. The monoisotopic (exact) mass is 436 g/mol. The molecule has 0 heterocycles. The highest BCUT2D eigenvalue weighted by atomic mass is 32.2. The van der Waals surface area contributed by atoms with Crippen molar-refractivity contribution in [3.63, 3.8) is 0 Å². The summed E-state index contributed by atoms with van der Waals surface area (Å²) < 4.78 is 41.0. The van der Waals surface area contributed by atoms with Crippen LogP contribution >= 0.6 is 0 Å². The minimum Gasteiger partial charge on any atom is -0.493 e. The summed E-state index contributed by atoms with van der Waals surface area (Å²) in [6, 6.07) is 9.59. The van der Waals surface area contributed by atoms with Gasteiger partial charge in [0, 0.05) is 11.8 Å². The lowest BCUT2D eigenvalue weighted by atomic mass is 10.2. The van der Waals surface area contributed by atoms with E-state index in [1.807, 2.05) is 0 Å². The third kappa shape index (κ3) is 5.20. The van der Waals surface area contributed by atoms with Gasteiger partial charge in [-0.2, -0.15) is 0 Å². The molecule has 0 aliphatic heterocycles. The molecule has 2 aromatic rings. The summed E-state index contributed by atoms with van der Waals surface area (Å²) in [6.45, 7) is 1.46. The normalized spacial score (nSPS) is 11.9. The number of amides is 1. The van der Waals surface area contributed by atoms with Gasteiger partial charge in [0.15, 0.2) is 11.5 Å². The van der Waals surface area contributed by atoms with E-state index in [1.54, 1.807) is 18.2 Å². The molecule has 0 radical (unpaired) electrons. The summed E-state index contributed by atoms with van der Waals surface area (Å²) >= 11 is 0. The van der Waals surface area contributed by atoms with Crippen molar-refractivity contribution in [2.45, 2.75) is 13.0 Å². The van der Waals surface area contributed by atoms with Crippen molar-refractivity contribution in [2.75, 3.05) is 37.2 Å². The van der Waals surface area contributed by atoms with E-state index in [-0.39, 0.29) is 11.3 Å². The van der Waals surface area contributed by atoms with Crippen LogP contribution in [0.1, 0.15) is 17.3 Å². The number of carbonyl (C=O) groups excluding carboxylic acids is 2. The molecule has 0 saturated carbocycles. The van der Waals surface area contributed by atoms with Crippen LogP contribution in [0.15, 0.2) is 42.5 Å². The van der Waals surface area contributed by atoms with Gasteiger partial charge in [0.1, 0.15) is 6.04 Å². The van der Waals surface area contributed by atoms with Crippen molar-refractivity contribution < 1.29 is 32.2 Å². The Morgan fingerprint density at radius 2 is 1.67 bits per heavy atom. The average Bonchev–Trinajstić information content (AvgIpc) is 2.72. The fourth-order valence-electron chi connectivity index (χ4n) is 2.86. The van der Waals surface area contributed by atoms with Gasteiger partial charge in [-0.25, -0.2) is 13.2 Å². The Labute approximate surface area is 175 Å². The van der Waals surface area contributed by atoms with Crippen molar-refractivity contribution in [1.29, 1.82) is 0 Å². The summed E-state index contributed by atoms with van der Waals surface area (Å²) in [5.41, 5.74) is 0.819. The van der Waals surface area contributed by atoms with Crippen LogP contribution in [0.25, 0.3) is 0 Å². The van der Waals surface area contributed by atoms with Gasteiger partial charge in [0.25, 0.3) is 0 Å². The van der Waals surface area contributed by atoms with E-state index in [0.717, 1.165) is 10.6 Å². The second kappa shape index (κ2) is 9.49. The zero-order valence-corrected chi connectivity index (χ0v) is 18.1. The highest BCUT2D eigenvalue weighted by molar-refractivity contribution is 7.92. The summed E-state index contributed by atoms with van der Waals surface area (Å²) in [7, 11) is 0.320. The Morgan fingerprint density at radius 1 is 1.00 bits per heavy atom. The number of sulfonamides is 1. The maximum absolute atomic E-state index is 12.8. The van der Waals surface area contributed by atoms with Gasteiger partial charge < -0.3 is 19.5 Å². The van der Waals surface area contributed by atoms with E-state index in [2.05, 4.69) is 10.1 Å². The molecule has 0 spiro atoms. The summed E-state index contributed by atoms with van der Waals surface area (Å²) in [5, 5.41) is 2.63. The molecule has 10 heteroatoms. The summed E-state index contributed by atoms with van der Waals surface area (Å²) in [4.78, 5) is 24.5. The van der Waals surface area contributed by atoms with E-state index in [1.165, 1.54) is 52.5 Å². The molecule has 2 aromatic carbocycles. The minimum absolute atomic E-state index is 0.237. The third-order valence-corrected chi connectivity index (χ3v) is 5.50. The Morgan fingerprint density at radius 3 is 2.23 bits per heavy atom. The largest absolute Gasteiger partial charge is 0.493 e. The lowest BCUT2D eigenvalue weighted by Gasteiger charge is -2.28. The van der Waals surface area contributed by atoms with Gasteiger partial charge in [-0.05, 0) is 37.3 Å². The van der Waals surface area contributed by atoms with Crippen LogP contribution < -0.4 is 19.1 Å². The van der Waals surface area contributed by atoms with E-state index in [0.29, 0.717) is 17.2 Å². The van der Waals surface area contributed by atoms with Crippen LogP contribution in [0.2, 0.25) is 0 Å². The number of carbonyl (C=O) groups is 2. The number of rotatable bonds is 8. The summed E-state index contributed by atoms with van der Waals surface area (Å²) in [6.07, 6.45) is 1.01. The van der Waals surface area contributed by atoms with Crippen LogP contribution in [-0.2, 0) is 19.6 Å². The van der Waals surface area contributed by atoms with Crippen LogP contribution in [0.5, 0.6) is 11.5 Å². The first kappa shape index (κ1) is 23.0. The Hall–Kier alpha value is -3.27. The number of ether oxygens (including phenoxy) is 3. The number of nitrogens with one attached hydrogen (secondary N) is 1. The highest BCUT2D eigenvalue weighted by Gasteiger charge is 2.30. The molecule has 162 valence electrons. The fourth-order valence-corrected chi connectivity index (χ4v) is 4.03. The number of hydrogen-bond donors (Lipinski definition) is 1. The van der Waals surface area contributed by atoms with Crippen molar-refractivity contribution >= 4 is 33.3 Å². The molecule has 0 bridgehead atoms. The van der Waals surface area contributed by atoms with Gasteiger partial charge in [0.2, 0.25) is 15.9 Å². The van der Waals surface area contributed by atoms with E-state index in [9.17, 15) is 18.0 Å². The zero-order valence-electron chi connectivity index (χ0n) is 17.3. The molecule has 1 unspecified atom stereocenters. The molecule has 1 atom stereocenters. The minimum atomic E-state index is -3.82. The first-order valence-electron chi connectivity index (χ1n) is 8.83. The predicted octanol–water partition coefficient (Wildman–Crippen LogP) is 2.28. The smallest absolute Gasteiger partial charge is 0.337 e. The van der Waals surface area contributed by atoms with Gasteiger partial charge in [-0.1, -0.05) is 6.07 Å². The Bertz CT molecular complexity index is 1040. The van der Waals surface area contributed by atoms with Crippen LogP contribution in [-0.4, -0.2) is 53.9 Å². The molecule has 0 fully saturated rings. The molecule has 1 N–H and O–H groups in total. The number of nitrogens with zero attached hydrogens (tertiary/aromatic N) is 1. The molecule has 0 aliphatic carbocycles. The molecule has 9 nitrogen and oxygen atoms in total. The van der Waals surface area contributed by atoms with Gasteiger partial charge >= 0.3 is 5.97 Å². The third-order valence-electron chi connectivity index (χ3n) is 4.26. The molecule has 0 aromatic heterocycles. The molecule has 1 amide bonds. The van der Waals surface area contributed by atoms with Gasteiger partial charge in [-0.3, -0.25) is 9.10 Å². The van der Waals surface area contributed by atoms with Crippen molar-refractivity contribution in [3.05, 3.63) is 48.0 Å². The number of benzene rings is 2. The number of esters is 1. The molecule has 30 heavy (non-hydrogen) atoms. The highest BCUT2D eigenvalue weighted by Crippen LogP contribution is 2.33. The first-order valence-corrected chi connectivity index (χ1v) is 10.7. The maximum Gasteiger partial charge on any atom is 0.337 e. The second-order valence-electron chi connectivity index (χ2n) is 6.34. The van der Waals surface area contributed by atoms with Crippen molar-refractivity contribution in [1.82, 2.24) is 0 Å². The van der Waals surface area contributed by atoms with E-state index in [4.69, 9.17) is 9.47 Å². The van der Waals surface area contributed by atoms with E-state index >= 15 is 0 Å². The standard InChI is InChI=1S/C20H24N2O7S/c1-13(19(23)21-15-8-6-7-14(11-15)20(24)29-4)22(30(5,25)26)16-9-10-17(27-2)18(12-16)28-3/h6-13H,1-5H3,(H,21,23). The predicted molar refractivity (Wildman–Crippen MR) is 113 cm³/mol. The van der Waals surface area contributed by atoms with Crippen molar-refractivity contribution in [2.24, 2.45) is 0 Å². The quantitative estimate of drug-likeness (QED) is 0.632. The SMILES string of the molecule is COC(=O)c1cccc(NC(=O)C(C)N(c2ccc(OC)c(OC)c2)S(C)(=O)=O)c1. The Kier molecular flexibility index (Phi) is 7.28. The molecule has 0 aliphatic rings. The first-order chi connectivity index (χ1) is 14.1. The maximum atomic E-state index is 12.8. The van der Waals surface area contributed by atoms with E-state index < -0.39 is 27.9 Å². The number of anilines is 2. The second-order valence-corrected chi connectivity index (χ2v) is 8.20. The average molecular weight is 436 g/mol. The zero-order chi connectivity index (χ0) is 22.5. The summed E-state index contributed by atoms with van der Waals surface area (Å²) in [5.74, 6) is -0.395. The van der Waals surface area contributed by atoms with Gasteiger partial charge in [0.05, 0.1) is 38.8 Å². The fraction of sp³-hybridized carbons (Fsp3) is 0.300. The number of methoxy groups -OCH3 is 3. The topological polar surface area (TPSA) is 111 Å². The lowest BCUT2D eigenvalue weighted by molar-refractivity contribution is -0.116. The van der Waals surface area contributed by atoms with Gasteiger partial charge in [-0.15, -0.1) is 0 Å². The Balaban J connectivity index is 2.35.